The highest BCUT2D eigenvalue weighted by Crippen LogP contribution is 2.26. The van der Waals surface area contributed by atoms with Crippen molar-refractivity contribution in [3.05, 3.63) is 5.69 Å². The molecular formula is C11H21N5. The van der Waals surface area contributed by atoms with E-state index in [0.29, 0.717) is 0 Å². The van der Waals surface area contributed by atoms with Gasteiger partial charge in [-0.15, -0.1) is 0 Å². The molecule has 2 heterocycles. The molecule has 0 aliphatic carbocycles. The molecule has 1 aliphatic rings. The smallest absolute Gasteiger partial charge is 0.171 e. The SMILES string of the molecule is CN(C)CCNc1nn2c(c1N)CCCC2. The van der Waals surface area contributed by atoms with Gasteiger partial charge in [-0.1, -0.05) is 0 Å². The van der Waals surface area contributed by atoms with Gasteiger partial charge in [0.15, 0.2) is 5.82 Å². The number of likely N-dealkylation sites (N-methyl/N-ethyl adjacent to an activating group) is 1. The summed E-state index contributed by atoms with van der Waals surface area (Å²) in [6, 6.07) is 0. The van der Waals surface area contributed by atoms with E-state index in [9.17, 15) is 0 Å². The molecule has 2 rings (SSSR count). The lowest BCUT2D eigenvalue weighted by molar-refractivity contribution is 0.425. The number of nitrogens with one attached hydrogen (secondary N) is 1. The zero-order valence-electron chi connectivity index (χ0n) is 10.2. The van der Waals surface area contributed by atoms with Crippen molar-refractivity contribution >= 4 is 11.5 Å². The van der Waals surface area contributed by atoms with Gasteiger partial charge in [-0.05, 0) is 33.4 Å². The molecule has 3 N–H and O–H groups in total. The number of hydrogen-bond donors (Lipinski definition) is 2. The number of rotatable bonds is 4. The number of nitrogen functional groups attached to an aromatic ring is 1. The predicted octanol–water partition coefficient (Wildman–Crippen LogP) is 0.775. The fourth-order valence-corrected chi connectivity index (χ4v) is 2.04. The van der Waals surface area contributed by atoms with Crippen LogP contribution in [0.15, 0.2) is 0 Å². The first kappa shape index (κ1) is 11.3. The molecule has 0 atom stereocenters. The third kappa shape index (κ3) is 2.29. The van der Waals surface area contributed by atoms with Crippen molar-refractivity contribution in [2.24, 2.45) is 0 Å². The molecule has 1 aromatic rings. The molecule has 0 saturated carbocycles. The Balaban J connectivity index is 2.01. The number of fused-ring (bicyclic) bond motifs is 1. The van der Waals surface area contributed by atoms with Gasteiger partial charge >= 0.3 is 0 Å². The number of aromatic nitrogens is 2. The lowest BCUT2D eigenvalue weighted by Gasteiger charge is -2.12. The van der Waals surface area contributed by atoms with Crippen molar-refractivity contribution < 1.29 is 0 Å². The Morgan fingerprint density at radius 3 is 2.94 bits per heavy atom. The Hall–Kier alpha value is -1.23. The molecule has 0 amide bonds. The maximum Gasteiger partial charge on any atom is 0.171 e. The van der Waals surface area contributed by atoms with Crippen LogP contribution in [-0.2, 0) is 13.0 Å². The van der Waals surface area contributed by atoms with Gasteiger partial charge in [-0.25, -0.2) is 0 Å². The molecule has 90 valence electrons. The highest BCUT2D eigenvalue weighted by molar-refractivity contribution is 5.64. The third-order valence-corrected chi connectivity index (χ3v) is 2.98. The number of hydrogen-bond acceptors (Lipinski definition) is 4. The molecule has 5 nitrogen and oxygen atoms in total. The van der Waals surface area contributed by atoms with Crippen molar-refractivity contribution in [2.45, 2.75) is 25.8 Å². The summed E-state index contributed by atoms with van der Waals surface area (Å²) in [5.74, 6) is 0.860. The Morgan fingerprint density at radius 1 is 1.44 bits per heavy atom. The predicted molar refractivity (Wildman–Crippen MR) is 66.6 cm³/mol. The van der Waals surface area contributed by atoms with E-state index in [0.717, 1.165) is 37.6 Å². The van der Waals surface area contributed by atoms with Crippen LogP contribution < -0.4 is 11.1 Å². The van der Waals surface area contributed by atoms with E-state index >= 15 is 0 Å². The van der Waals surface area contributed by atoms with E-state index in [-0.39, 0.29) is 0 Å². The molecule has 5 heteroatoms. The van der Waals surface area contributed by atoms with Crippen molar-refractivity contribution in [2.75, 3.05) is 38.2 Å². The summed E-state index contributed by atoms with van der Waals surface area (Å²) in [7, 11) is 4.12. The van der Waals surface area contributed by atoms with Gasteiger partial charge in [0.05, 0.1) is 11.4 Å². The van der Waals surface area contributed by atoms with Crippen LogP contribution in [-0.4, -0.2) is 41.9 Å². The summed E-state index contributed by atoms with van der Waals surface area (Å²) < 4.78 is 2.05. The zero-order valence-corrected chi connectivity index (χ0v) is 10.2. The lowest BCUT2D eigenvalue weighted by Crippen LogP contribution is -2.21. The minimum Gasteiger partial charge on any atom is -0.394 e. The molecule has 0 bridgehead atoms. The van der Waals surface area contributed by atoms with Crippen LogP contribution in [0.3, 0.4) is 0 Å². The molecule has 0 radical (unpaired) electrons. The monoisotopic (exact) mass is 223 g/mol. The van der Waals surface area contributed by atoms with Crippen molar-refractivity contribution in [3.8, 4) is 0 Å². The molecule has 16 heavy (non-hydrogen) atoms. The highest BCUT2D eigenvalue weighted by Gasteiger charge is 2.17. The first-order valence-electron chi connectivity index (χ1n) is 5.92. The summed E-state index contributed by atoms with van der Waals surface area (Å²) in [5, 5.41) is 7.81. The van der Waals surface area contributed by atoms with Gasteiger partial charge in [-0.3, -0.25) is 4.68 Å². The second-order valence-electron chi connectivity index (χ2n) is 4.62. The second kappa shape index (κ2) is 4.74. The van der Waals surface area contributed by atoms with Crippen LogP contribution in [0.4, 0.5) is 11.5 Å². The maximum atomic E-state index is 6.08. The molecule has 0 unspecified atom stereocenters. The van der Waals surface area contributed by atoms with E-state index < -0.39 is 0 Å². The van der Waals surface area contributed by atoms with Gasteiger partial charge in [0, 0.05) is 19.6 Å². The van der Waals surface area contributed by atoms with Gasteiger partial charge < -0.3 is 16.0 Å². The molecule has 0 saturated heterocycles. The number of nitrogens with zero attached hydrogens (tertiary/aromatic N) is 3. The molecule has 0 spiro atoms. The Labute approximate surface area is 96.6 Å². The average molecular weight is 223 g/mol. The van der Waals surface area contributed by atoms with Gasteiger partial charge in [-0.2, -0.15) is 5.10 Å². The number of aryl methyl sites for hydroxylation is 1. The quantitative estimate of drug-likeness (QED) is 0.792. The molecule has 0 fully saturated rings. The lowest BCUT2D eigenvalue weighted by atomic mass is 10.1. The Kier molecular flexibility index (Phi) is 3.33. The van der Waals surface area contributed by atoms with Gasteiger partial charge in [0.1, 0.15) is 0 Å². The van der Waals surface area contributed by atoms with Crippen molar-refractivity contribution in [1.29, 1.82) is 0 Å². The Morgan fingerprint density at radius 2 is 2.25 bits per heavy atom. The fraction of sp³-hybridized carbons (Fsp3) is 0.727. The second-order valence-corrected chi connectivity index (χ2v) is 4.62. The highest BCUT2D eigenvalue weighted by atomic mass is 15.3. The first-order chi connectivity index (χ1) is 7.68. The summed E-state index contributed by atoms with van der Waals surface area (Å²) in [6.07, 6.45) is 3.51. The molecule has 1 aromatic heterocycles. The molecule has 1 aliphatic heterocycles. The number of anilines is 2. The maximum absolute atomic E-state index is 6.08. The van der Waals surface area contributed by atoms with Gasteiger partial charge in [0.25, 0.3) is 0 Å². The Bertz CT molecular complexity index is 356. The van der Waals surface area contributed by atoms with E-state index in [1.165, 1.54) is 18.5 Å². The fourth-order valence-electron chi connectivity index (χ4n) is 2.04. The minimum absolute atomic E-state index is 0.846. The van der Waals surface area contributed by atoms with Crippen LogP contribution in [0.1, 0.15) is 18.5 Å². The number of nitrogens with two attached hydrogens (primary N) is 1. The van der Waals surface area contributed by atoms with Gasteiger partial charge in [0.2, 0.25) is 0 Å². The van der Waals surface area contributed by atoms with Crippen LogP contribution in [0.5, 0.6) is 0 Å². The van der Waals surface area contributed by atoms with Crippen LogP contribution in [0.2, 0.25) is 0 Å². The van der Waals surface area contributed by atoms with E-state index in [1.807, 2.05) is 0 Å². The van der Waals surface area contributed by atoms with Crippen LogP contribution in [0, 0.1) is 0 Å². The van der Waals surface area contributed by atoms with Crippen LogP contribution >= 0.6 is 0 Å². The van der Waals surface area contributed by atoms with E-state index in [4.69, 9.17) is 5.73 Å². The van der Waals surface area contributed by atoms with Crippen molar-refractivity contribution in [1.82, 2.24) is 14.7 Å². The van der Waals surface area contributed by atoms with Crippen molar-refractivity contribution in [3.63, 3.8) is 0 Å². The molecule has 0 aromatic carbocycles. The summed E-state index contributed by atoms with van der Waals surface area (Å²) in [6.45, 7) is 2.88. The third-order valence-electron chi connectivity index (χ3n) is 2.98. The largest absolute Gasteiger partial charge is 0.394 e. The zero-order chi connectivity index (χ0) is 11.5. The van der Waals surface area contributed by atoms with E-state index in [1.54, 1.807) is 0 Å². The average Bonchev–Trinajstić information content (AvgIpc) is 2.56. The minimum atomic E-state index is 0.846. The summed E-state index contributed by atoms with van der Waals surface area (Å²) in [4.78, 5) is 2.14. The topological polar surface area (TPSA) is 59.1 Å². The van der Waals surface area contributed by atoms with Crippen LogP contribution in [0.25, 0.3) is 0 Å². The summed E-state index contributed by atoms with van der Waals surface area (Å²) in [5.41, 5.74) is 8.13. The standard InChI is InChI=1S/C11H21N5/c1-15(2)8-6-13-11-10(12)9-5-3-4-7-16(9)14-11/h3-8,12H2,1-2H3,(H,13,14). The van der Waals surface area contributed by atoms with E-state index in [2.05, 4.69) is 34.1 Å². The first-order valence-corrected chi connectivity index (χ1v) is 5.92. The normalized spacial score (nSPS) is 15.2. The molecular weight excluding hydrogens is 202 g/mol. The summed E-state index contributed by atoms with van der Waals surface area (Å²) >= 11 is 0.